The van der Waals surface area contributed by atoms with Gasteiger partial charge in [0.15, 0.2) is 5.16 Å². The summed E-state index contributed by atoms with van der Waals surface area (Å²) < 4.78 is 87.9. The summed E-state index contributed by atoms with van der Waals surface area (Å²) in [6.45, 7) is 2.03. The topological polar surface area (TPSA) is 44.1 Å². The lowest BCUT2D eigenvalue weighted by Crippen LogP contribution is -2.25. The van der Waals surface area contributed by atoms with Crippen LogP contribution in [0.4, 0.5) is 26.3 Å². The van der Waals surface area contributed by atoms with E-state index in [0.717, 1.165) is 17.3 Å². The smallest absolute Gasteiger partial charge is 0.418 e. The van der Waals surface area contributed by atoms with Gasteiger partial charge in [0.05, 0.1) is 34.3 Å². The number of ether oxygens (including phenoxy) is 1. The zero-order chi connectivity index (χ0) is 26.1. The van der Waals surface area contributed by atoms with Crippen LogP contribution in [0.2, 0.25) is 0 Å². The van der Waals surface area contributed by atoms with E-state index in [1.54, 1.807) is 18.2 Å². The number of aryl methyl sites for hydroxylation is 1. The predicted molar refractivity (Wildman–Crippen MR) is 125 cm³/mol. The van der Waals surface area contributed by atoms with Crippen molar-refractivity contribution < 1.29 is 31.1 Å². The zero-order valence-corrected chi connectivity index (χ0v) is 19.5. The highest BCUT2D eigenvalue weighted by molar-refractivity contribution is 7.99. The van der Waals surface area contributed by atoms with Gasteiger partial charge in [-0.05, 0) is 49.4 Å². The Hall–Kier alpha value is -3.47. The van der Waals surface area contributed by atoms with Crippen molar-refractivity contribution in [2.45, 2.75) is 24.4 Å². The molecular weight excluding hydrogens is 506 g/mol. The molecule has 4 nitrogen and oxygen atoms in total. The van der Waals surface area contributed by atoms with Gasteiger partial charge in [0.1, 0.15) is 5.75 Å². The standard InChI is InChI=1S/C25H18F6N2O2S/c1-15-6-9-17(10-7-15)35-12-13-36-23-32-20-5-3-2-4-18(20)22(34)33(23)21-14-16(24(26,27)28)8-11-19(21)25(29,30)31/h2-11,14H,12-13H2,1H3. The number of rotatable bonds is 6. The second kappa shape index (κ2) is 9.88. The maximum Gasteiger partial charge on any atom is 0.418 e. The van der Waals surface area contributed by atoms with Gasteiger partial charge in [0.25, 0.3) is 5.56 Å². The van der Waals surface area contributed by atoms with Crippen molar-refractivity contribution in [3.05, 3.63) is 93.8 Å². The van der Waals surface area contributed by atoms with Crippen molar-refractivity contribution in [1.29, 1.82) is 0 Å². The van der Waals surface area contributed by atoms with Crippen LogP contribution in [0.3, 0.4) is 0 Å². The minimum absolute atomic E-state index is 0.0247. The van der Waals surface area contributed by atoms with E-state index in [1.807, 2.05) is 19.1 Å². The van der Waals surface area contributed by atoms with E-state index in [2.05, 4.69) is 4.98 Å². The minimum Gasteiger partial charge on any atom is -0.493 e. The SMILES string of the molecule is Cc1ccc(OCCSc2nc3ccccc3c(=O)n2-c2cc(C(F)(F)F)ccc2C(F)(F)F)cc1. The van der Waals surface area contributed by atoms with E-state index in [-0.39, 0.29) is 28.4 Å². The fourth-order valence-corrected chi connectivity index (χ4v) is 4.30. The first kappa shape index (κ1) is 25.6. The normalized spacial score (nSPS) is 12.2. The van der Waals surface area contributed by atoms with Gasteiger partial charge in [0, 0.05) is 5.75 Å². The van der Waals surface area contributed by atoms with E-state index in [1.165, 1.54) is 18.2 Å². The van der Waals surface area contributed by atoms with Gasteiger partial charge in [-0.2, -0.15) is 26.3 Å². The molecule has 3 aromatic carbocycles. The lowest BCUT2D eigenvalue weighted by atomic mass is 10.1. The van der Waals surface area contributed by atoms with Gasteiger partial charge in [-0.25, -0.2) is 4.98 Å². The van der Waals surface area contributed by atoms with Crippen molar-refractivity contribution in [3.63, 3.8) is 0 Å². The van der Waals surface area contributed by atoms with Crippen LogP contribution < -0.4 is 10.3 Å². The summed E-state index contributed by atoms with van der Waals surface area (Å²) in [7, 11) is 0. The molecule has 4 aromatic rings. The molecule has 0 aliphatic carbocycles. The molecule has 11 heteroatoms. The Morgan fingerprint density at radius 1 is 0.917 bits per heavy atom. The molecule has 0 radical (unpaired) electrons. The number of benzene rings is 3. The number of alkyl halides is 6. The van der Waals surface area contributed by atoms with E-state index < -0.39 is 34.7 Å². The van der Waals surface area contributed by atoms with Crippen LogP contribution in [0.1, 0.15) is 16.7 Å². The van der Waals surface area contributed by atoms with Crippen molar-refractivity contribution in [3.8, 4) is 11.4 Å². The van der Waals surface area contributed by atoms with Crippen molar-refractivity contribution in [2.75, 3.05) is 12.4 Å². The summed E-state index contributed by atoms with van der Waals surface area (Å²) in [5.74, 6) is 0.737. The molecule has 0 saturated heterocycles. The molecule has 0 aliphatic rings. The Balaban J connectivity index is 1.80. The molecule has 0 aliphatic heterocycles. The molecule has 36 heavy (non-hydrogen) atoms. The lowest BCUT2D eigenvalue weighted by molar-refractivity contribution is -0.141. The molecule has 0 unspecified atom stereocenters. The molecule has 0 fully saturated rings. The van der Waals surface area contributed by atoms with Crippen molar-refractivity contribution in [2.24, 2.45) is 0 Å². The molecule has 0 bridgehead atoms. The van der Waals surface area contributed by atoms with Crippen molar-refractivity contribution in [1.82, 2.24) is 9.55 Å². The average Bonchev–Trinajstić information content (AvgIpc) is 2.81. The molecule has 4 rings (SSSR count). The molecular formula is C25H18F6N2O2S. The molecule has 0 saturated carbocycles. The number of hydrogen-bond acceptors (Lipinski definition) is 4. The van der Waals surface area contributed by atoms with Crippen LogP contribution in [-0.2, 0) is 12.4 Å². The average molecular weight is 524 g/mol. The first-order valence-corrected chi connectivity index (χ1v) is 11.6. The van der Waals surface area contributed by atoms with Crippen LogP contribution in [-0.4, -0.2) is 21.9 Å². The Labute approximate surface area is 205 Å². The zero-order valence-electron chi connectivity index (χ0n) is 18.7. The Morgan fingerprint density at radius 3 is 2.28 bits per heavy atom. The van der Waals surface area contributed by atoms with Crippen molar-refractivity contribution >= 4 is 22.7 Å². The molecule has 1 heterocycles. The van der Waals surface area contributed by atoms with E-state index in [9.17, 15) is 31.1 Å². The van der Waals surface area contributed by atoms with Gasteiger partial charge in [0.2, 0.25) is 0 Å². The van der Waals surface area contributed by atoms with E-state index in [0.29, 0.717) is 28.5 Å². The Bertz CT molecular complexity index is 1450. The number of aromatic nitrogens is 2. The number of halogens is 6. The van der Waals surface area contributed by atoms with E-state index in [4.69, 9.17) is 4.74 Å². The maximum atomic E-state index is 13.8. The van der Waals surface area contributed by atoms with Gasteiger partial charge in [-0.3, -0.25) is 9.36 Å². The fourth-order valence-electron chi connectivity index (χ4n) is 3.48. The quantitative estimate of drug-likeness (QED) is 0.119. The highest BCUT2D eigenvalue weighted by Gasteiger charge is 2.38. The third kappa shape index (κ3) is 5.51. The third-order valence-corrected chi connectivity index (χ3v) is 6.12. The predicted octanol–water partition coefficient (Wildman–Crippen LogP) is 6.90. The van der Waals surface area contributed by atoms with Crippen LogP contribution in [0.5, 0.6) is 5.75 Å². The molecule has 0 N–H and O–H groups in total. The van der Waals surface area contributed by atoms with Gasteiger partial charge in [-0.1, -0.05) is 41.6 Å². The van der Waals surface area contributed by atoms with Gasteiger partial charge < -0.3 is 4.74 Å². The van der Waals surface area contributed by atoms with Crippen LogP contribution in [0, 0.1) is 6.92 Å². The minimum atomic E-state index is -5.01. The second-order valence-electron chi connectivity index (χ2n) is 7.79. The number of para-hydroxylation sites is 1. The Morgan fingerprint density at radius 2 is 1.61 bits per heavy atom. The largest absolute Gasteiger partial charge is 0.493 e. The molecule has 1 aromatic heterocycles. The molecule has 188 valence electrons. The summed E-state index contributed by atoms with van der Waals surface area (Å²) in [5, 5.41) is -0.209. The lowest BCUT2D eigenvalue weighted by Gasteiger charge is -2.19. The van der Waals surface area contributed by atoms with Gasteiger partial charge >= 0.3 is 12.4 Å². The number of hydrogen-bond donors (Lipinski definition) is 0. The molecule has 0 spiro atoms. The van der Waals surface area contributed by atoms with Crippen LogP contribution in [0.25, 0.3) is 16.6 Å². The molecule has 0 atom stereocenters. The van der Waals surface area contributed by atoms with E-state index >= 15 is 0 Å². The Kier molecular flexibility index (Phi) is 7.03. The highest BCUT2D eigenvalue weighted by atomic mass is 32.2. The van der Waals surface area contributed by atoms with Crippen LogP contribution >= 0.6 is 11.8 Å². The summed E-state index contributed by atoms with van der Waals surface area (Å²) in [5.41, 5.74) is -3.31. The fraction of sp³-hybridized carbons (Fsp3) is 0.200. The van der Waals surface area contributed by atoms with Crippen LogP contribution in [0.15, 0.2) is 76.7 Å². The number of fused-ring (bicyclic) bond motifs is 1. The number of thioether (sulfide) groups is 1. The molecule has 0 amide bonds. The first-order valence-electron chi connectivity index (χ1n) is 10.6. The second-order valence-corrected chi connectivity index (χ2v) is 8.85. The summed E-state index contributed by atoms with van der Waals surface area (Å²) in [4.78, 5) is 17.6. The van der Waals surface area contributed by atoms with Gasteiger partial charge in [-0.15, -0.1) is 0 Å². The third-order valence-electron chi connectivity index (χ3n) is 5.22. The summed E-state index contributed by atoms with van der Waals surface area (Å²) >= 11 is 0.904. The highest BCUT2D eigenvalue weighted by Crippen LogP contribution is 2.39. The monoisotopic (exact) mass is 524 g/mol. The maximum absolute atomic E-state index is 13.8. The first-order chi connectivity index (χ1) is 16.9. The summed E-state index contributed by atoms with van der Waals surface area (Å²) in [6.07, 6.45) is -9.93. The number of nitrogens with zero attached hydrogens (tertiary/aromatic N) is 2. The summed E-state index contributed by atoms with van der Waals surface area (Å²) in [6, 6.07) is 14.1.